The molecule has 0 aromatic carbocycles. The van der Waals surface area contributed by atoms with E-state index >= 15 is 0 Å². The minimum atomic E-state index is -0.787. The highest BCUT2D eigenvalue weighted by atomic mass is 16.6. The van der Waals surface area contributed by atoms with Gasteiger partial charge >= 0.3 is 17.9 Å². The third-order valence-electron chi connectivity index (χ3n) is 13.2. The lowest BCUT2D eigenvalue weighted by Crippen LogP contribution is -2.30. The van der Waals surface area contributed by atoms with Crippen LogP contribution in [0, 0.1) is 0 Å². The highest BCUT2D eigenvalue weighted by molar-refractivity contribution is 5.71. The molecule has 0 spiro atoms. The minimum absolute atomic E-state index is 0.0846. The van der Waals surface area contributed by atoms with Crippen LogP contribution in [-0.4, -0.2) is 37.2 Å². The summed E-state index contributed by atoms with van der Waals surface area (Å²) in [5.74, 6) is -0.907. The van der Waals surface area contributed by atoms with Crippen molar-refractivity contribution in [2.24, 2.45) is 0 Å². The Hall–Kier alpha value is -3.15. The zero-order valence-corrected chi connectivity index (χ0v) is 47.0. The van der Waals surface area contributed by atoms with Gasteiger partial charge in [0.05, 0.1) is 0 Å². The number of hydrogen-bond acceptors (Lipinski definition) is 6. The van der Waals surface area contributed by atoms with Crippen molar-refractivity contribution in [1.82, 2.24) is 0 Å². The molecule has 6 nitrogen and oxygen atoms in total. The Balaban J connectivity index is 4.30. The topological polar surface area (TPSA) is 78.9 Å². The fourth-order valence-electron chi connectivity index (χ4n) is 8.64. The van der Waals surface area contributed by atoms with E-state index in [0.29, 0.717) is 19.3 Å². The smallest absolute Gasteiger partial charge is 0.306 e. The third kappa shape index (κ3) is 57.6. The van der Waals surface area contributed by atoms with Gasteiger partial charge < -0.3 is 14.2 Å². The van der Waals surface area contributed by atoms with Gasteiger partial charge in [-0.1, -0.05) is 267 Å². The quantitative estimate of drug-likeness (QED) is 0.0261. The van der Waals surface area contributed by atoms with Crippen LogP contribution in [0.25, 0.3) is 0 Å². The maximum absolute atomic E-state index is 12.9. The lowest BCUT2D eigenvalue weighted by Gasteiger charge is -2.18. The van der Waals surface area contributed by atoms with Gasteiger partial charge in [0.1, 0.15) is 13.2 Å². The van der Waals surface area contributed by atoms with Crippen molar-refractivity contribution in [3.05, 3.63) is 72.9 Å². The first-order valence-electron chi connectivity index (χ1n) is 30.4. The van der Waals surface area contributed by atoms with Gasteiger partial charge in [0.25, 0.3) is 0 Å². The van der Waals surface area contributed by atoms with Crippen LogP contribution < -0.4 is 0 Å². The van der Waals surface area contributed by atoms with Crippen molar-refractivity contribution in [1.29, 1.82) is 0 Å². The van der Waals surface area contributed by atoms with E-state index in [9.17, 15) is 14.4 Å². The Bertz CT molecular complexity index is 1320. The van der Waals surface area contributed by atoms with Gasteiger partial charge in [-0.3, -0.25) is 14.4 Å². The summed E-state index contributed by atoms with van der Waals surface area (Å²) in [7, 11) is 0. The molecule has 0 heterocycles. The second-order valence-electron chi connectivity index (χ2n) is 20.2. The minimum Gasteiger partial charge on any atom is -0.462 e. The van der Waals surface area contributed by atoms with Gasteiger partial charge in [-0.05, 0) is 89.9 Å². The van der Waals surface area contributed by atoms with Crippen molar-refractivity contribution in [2.45, 2.75) is 309 Å². The maximum atomic E-state index is 12.9. The van der Waals surface area contributed by atoms with Crippen LogP contribution in [0.2, 0.25) is 0 Å². The van der Waals surface area contributed by atoms with Crippen LogP contribution in [-0.2, 0) is 28.6 Å². The van der Waals surface area contributed by atoms with E-state index in [-0.39, 0.29) is 31.1 Å². The van der Waals surface area contributed by atoms with Crippen molar-refractivity contribution < 1.29 is 28.6 Å². The van der Waals surface area contributed by atoms with E-state index in [1.165, 1.54) is 167 Å². The molecule has 0 saturated carbocycles. The number of unbranched alkanes of at least 4 members (excludes halogenated alkanes) is 32. The summed E-state index contributed by atoms with van der Waals surface area (Å²) < 4.78 is 16.9. The number of hydrogen-bond donors (Lipinski definition) is 0. The fourth-order valence-corrected chi connectivity index (χ4v) is 8.64. The van der Waals surface area contributed by atoms with Gasteiger partial charge in [0, 0.05) is 19.3 Å². The molecule has 0 bridgehead atoms. The molecular formula is C65H114O6. The lowest BCUT2D eigenvalue weighted by molar-refractivity contribution is -0.167. The Kier molecular flexibility index (Phi) is 56.8. The summed E-state index contributed by atoms with van der Waals surface area (Å²) in [5.41, 5.74) is 0. The number of ether oxygens (including phenoxy) is 3. The predicted octanol–water partition coefficient (Wildman–Crippen LogP) is 20.5. The molecule has 0 aromatic rings. The summed E-state index contributed by atoms with van der Waals surface area (Å²) >= 11 is 0. The SMILES string of the molecule is CC/C=C\C/C=C\C/C=C\CCCCCC(=O)OCC(COC(=O)CCCCCCCCCCCC/C=C\C/C=C\C/C=C\CCCCCCC)OC(=O)CCCCCCCCCCCCCCCCC. The predicted molar refractivity (Wildman–Crippen MR) is 307 cm³/mol. The number of rotatable bonds is 55. The Labute approximate surface area is 440 Å². The molecule has 0 saturated heterocycles. The van der Waals surface area contributed by atoms with Crippen molar-refractivity contribution in [3.8, 4) is 0 Å². The highest BCUT2D eigenvalue weighted by Crippen LogP contribution is 2.16. The van der Waals surface area contributed by atoms with Gasteiger partial charge in [-0.15, -0.1) is 0 Å². The highest BCUT2D eigenvalue weighted by Gasteiger charge is 2.19. The normalized spacial score (nSPS) is 12.5. The molecule has 0 N–H and O–H groups in total. The van der Waals surface area contributed by atoms with E-state index in [1.54, 1.807) is 0 Å². The second-order valence-corrected chi connectivity index (χ2v) is 20.2. The molecule has 0 aliphatic rings. The third-order valence-corrected chi connectivity index (χ3v) is 13.2. The van der Waals surface area contributed by atoms with E-state index in [1.807, 2.05) is 0 Å². The number of allylic oxidation sites excluding steroid dienone is 12. The molecule has 410 valence electrons. The van der Waals surface area contributed by atoms with Crippen molar-refractivity contribution >= 4 is 17.9 Å². The second kappa shape index (κ2) is 59.4. The molecule has 1 atom stereocenters. The van der Waals surface area contributed by atoms with E-state index in [0.717, 1.165) is 96.3 Å². The van der Waals surface area contributed by atoms with E-state index in [2.05, 4.69) is 93.7 Å². The van der Waals surface area contributed by atoms with Gasteiger partial charge in [0.2, 0.25) is 0 Å². The van der Waals surface area contributed by atoms with Gasteiger partial charge in [-0.25, -0.2) is 0 Å². The van der Waals surface area contributed by atoms with Crippen molar-refractivity contribution in [3.63, 3.8) is 0 Å². The van der Waals surface area contributed by atoms with E-state index in [4.69, 9.17) is 14.2 Å². The first kappa shape index (κ1) is 67.8. The zero-order chi connectivity index (χ0) is 51.4. The summed E-state index contributed by atoms with van der Waals surface area (Å²) in [6, 6.07) is 0. The molecule has 6 heteroatoms. The molecule has 0 aromatic heterocycles. The molecular weight excluding hydrogens is 877 g/mol. The lowest BCUT2D eigenvalue weighted by atomic mass is 10.0. The summed E-state index contributed by atoms with van der Waals surface area (Å²) in [4.78, 5) is 38.2. The average Bonchev–Trinajstić information content (AvgIpc) is 3.37. The molecule has 0 aliphatic heterocycles. The summed E-state index contributed by atoms with van der Waals surface area (Å²) in [6.45, 7) is 6.51. The molecule has 0 aliphatic carbocycles. The maximum Gasteiger partial charge on any atom is 0.306 e. The summed E-state index contributed by atoms with van der Waals surface area (Å²) in [6.07, 6.45) is 76.2. The number of carbonyl (C=O) groups excluding carboxylic acids is 3. The monoisotopic (exact) mass is 991 g/mol. The Morgan fingerprint density at radius 2 is 0.549 bits per heavy atom. The van der Waals surface area contributed by atoms with Gasteiger partial charge in [-0.2, -0.15) is 0 Å². The molecule has 71 heavy (non-hydrogen) atoms. The molecule has 0 radical (unpaired) electrons. The largest absolute Gasteiger partial charge is 0.462 e. The van der Waals surface area contributed by atoms with Crippen LogP contribution in [0.1, 0.15) is 303 Å². The first-order chi connectivity index (χ1) is 35.0. The standard InChI is InChI=1S/C65H114O6/c1-4-7-10-13-16-19-22-25-27-28-29-30-31-32-33-34-35-36-38-40-43-46-49-52-55-58-64(67)70-61-62(60-69-63(66)57-54-51-48-45-42-39-24-21-18-15-12-9-6-3)71-65(68)59-56-53-50-47-44-41-37-26-23-20-17-14-11-8-5-2/h9,12,18,21-22,25,28-29,31-32,39,42,62H,4-8,10-11,13-17,19-20,23-24,26-27,30,33-38,40-41,43-61H2,1-3H3/b12-9-,21-18-,25-22-,29-28-,32-31-,42-39-. The molecule has 1 unspecified atom stereocenters. The average molecular weight is 992 g/mol. The first-order valence-corrected chi connectivity index (χ1v) is 30.4. The molecule has 0 amide bonds. The Morgan fingerprint density at radius 3 is 0.873 bits per heavy atom. The van der Waals surface area contributed by atoms with Crippen LogP contribution in [0.15, 0.2) is 72.9 Å². The molecule has 0 rings (SSSR count). The fraction of sp³-hybridized carbons (Fsp3) is 0.769. The Morgan fingerprint density at radius 1 is 0.296 bits per heavy atom. The number of esters is 3. The van der Waals surface area contributed by atoms with Crippen LogP contribution in [0.3, 0.4) is 0 Å². The molecule has 0 fully saturated rings. The van der Waals surface area contributed by atoms with Crippen LogP contribution in [0.4, 0.5) is 0 Å². The van der Waals surface area contributed by atoms with Gasteiger partial charge in [0.15, 0.2) is 6.10 Å². The van der Waals surface area contributed by atoms with Crippen molar-refractivity contribution in [2.75, 3.05) is 13.2 Å². The van der Waals surface area contributed by atoms with E-state index < -0.39 is 6.10 Å². The van der Waals surface area contributed by atoms with Crippen LogP contribution in [0.5, 0.6) is 0 Å². The van der Waals surface area contributed by atoms with Crippen LogP contribution >= 0.6 is 0 Å². The number of carbonyl (C=O) groups is 3. The summed E-state index contributed by atoms with van der Waals surface area (Å²) in [5, 5.41) is 0. The zero-order valence-electron chi connectivity index (χ0n) is 47.0.